The van der Waals surface area contributed by atoms with Gasteiger partial charge in [-0.2, -0.15) is 5.10 Å². The number of nitrogens with zero attached hydrogens (tertiary/aromatic N) is 3. The molecule has 4 nitrogen and oxygen atoms in total. The van der Waals surface area contributed by atoms with Crippen LogP contribution in [0.1, 0.15) is 54.2 Å². The molecule has 3 rings (SSSR count). The SMILES string of the molecule is Cc1nn(C)c(C)c1[C@H](C)C(=O)N1CCC[C@H]1c1cccc(Cl)c1. The van der Waals surface area contributed by atoms with Crippen molar-refractivity contribution in [3.05, 3.63) is 51.8 Å². The van der Waals surface area contributed by atoms with Gasteiger partial charge in [0, 0.05) is 29.9 Å². The number of likely N-dealkylation sites (tertiary alicyclic amines) is 1. The zero-order valence-corrected chi connectivity index (χ0v) is 15.5. The van der Waals surface area contributed by atoms with Crippen LogP contribution in [0.2, 0.25) is 5.02 Å². The maximum atomic E-state index is 13.2. The summed E-state index contributed by atoms with van der Waals surface area (Å²) in [6.45, 7) is 6.80. The van der Waals surface area contributed by atoms with Crippen LogP contribution < -0.4 is 0 Å². The number of halogens is 1. The molecule has 5 heteroatoms. The predicted octanol–water partition coefficient (Wildman–Crippen LogP) is 4.16. The number of benzene rings is 1. The Balaban J connectivity index is 1.88. The first-order chi connectivity index (χ1) is 11.4. The molecule has 1 amide bonds. The molecule has 1 aliphatic heterocycles. The van der Waals surface area contributed by atoms with Gasteiger partial charge in [-0.1, -0.05) is 23.7 Å². The number of amides is 1. The molecule has 2 atom stereocenters. The van der Waals surface area contributed by atoms with Crippen LogP contribution in [-0.4, -0.2) is 27.1 Å². The van der Waals surface area contributed by atoms with Gasteiger partial charge in [0.2, 0.25) is 5.91 Å². The second-order valence-electron chi connectivity index (χ2n) is 6.67. The Morgan fingerprint density at radius 1 is 1.38 bits per heavy atom. The number of aromatic nitrogens is 2. The van der Waals surface area contributed by atoms with E-state index < -0.39 is 0 Å². The van der Waals surface area contributed by atoms with Crippen molar-refractivity contribution in [2.75, 3.05) is 6.54 Å². The highest BCUT2D eigenvalue weighted by Gasteiger charge is 2.34. The topological polar surface area (TPSA) is 38.1 Å². The first-order valence-corrected chi connectivity index (χ1v) is 8.84. The van der Waals surface area contributed by atoms with E-state index in [4.69, 9.17) is 11.6 Å². The van der Waals surface area contributed by atoms with E-state index in [9.17, 15) is 4.79 Å². The van der Waals surface area contributed by atoms with Crippen LogP contribution in [0.4, 0.5) is 0 Å². The molecule has 0 bridgehead atoms. The molecule has 0 N–H and O–H groups in total. The largest absolute Gasteiger partial charge is 0.335 e. The van der Waals surface area contributed by atoms with Crippen LogP contribution in [-0.2, 0) is 11.8 Å². The van der Waals surface area contributed by atoms with E-state index in [1.165, 1.54) is 0 Å². The lowest BCUT2D eigenvalue weighted by Gasteiger charge is -2.28. The zero-order chi connectivity index (χ0) is 17.4. The number of rotatable bonds is 3. The van der Waals surface area contributed by atoms with Crippen molar-refractivity contribution in [3.63, 3.8) is 0 Å². The third-order valence-corrected chi connectivity index (χ3v) is 5.37. The molecule has 2 aromatic rings. The minimum atomic E-state index is -0.182. The lowest BCUT2D eigenvalue weighted by atomic mass is 9.96. The molecule has 24 heavy (non-hydrogen) atoms. The highest BCUT2D eigenvalue weighted by molar-refractivity contribution is 6.30. The summed E-state index contributed by atoms with van der Waals surface area (Å²) in [5, 5.41) is 5.18. The fraction of sp³-hybridized carbons (Fsp3) is 0.474. The van der Waals surface area contributed by atoms with Crippen molar-refractivity contribution >= 4 is 17.5 Å². The van der Waals surface area contributed by atoms with Crippen LogP contribution in [0.15, 0.2) is 24.3 Å². The van der Waals surface area contributed by atoms with E-state index in [0.717, 1.165) is 46.9 Å². The number of aryl methyl sites for hydroxylation is 2. The van der Waals surface area contributed by atoms with E-state index in [2.05, 4.69) is 11.2 Å². The maximum Gasteiger partial charge on any atom is 0.230 e. The molecule has 1 fully saturated rings. The first kappa shape index (κ1) is 17.0. The van der Waals surface area contributed by atoms with Gasteiger partial charge < -0.3 is 4.90 Å². The fourth-order valence-corrected chi connectivity index (χ4v) is 4.08. The summed E-state index contributed by atoms with van der Waals surface area (Å²) in [7, 11) is 1.92. The van der Waals surface area contributed by atoms with Crippen molar-refractivity contribution in [2.45, 2.75) is 45.6 Å². The number of hydrogen-bond acceptors (Lipinski definition) is 2. The minimum absolute atomic E-state index is 0.121. The molecule has 0 radical (unpaired) electrons. The van der Waals surface area contributed by atoms with Gasteiger partial charge in [-0.3, -0.25) is 9.48 Å². The molecular weight excluding hydrogens is 322 g/mol. The molecule has 1 aromatic carbocycles. The molecule has 1 aromatic heterocycles. The van der Waals surface area contributed by atoms with Crippen molar-refractivity contribution < 1.29 is 4.79 Å². The molecule has 128 valence electrons. The van der Waals surface area contributed by atoms with Crippen molar-refractivity contribution in [1.82, 2.24) is 14.7 Å². The molecule has 0 saturated carbocycles. The van der Waals surface area contributed by atoms with Gasteiger partial charge in [0.05, 0.1) is 17.7 Å². The average molecular weight is 346 g/mol. The highest BCUT2D eigenvalue weighted by atomic mass is 35.5. The zero-order valence-electron chi connectivity index (χ0n) is 14.7. The summed E-state index contributed by atoms with van der Waals surface area (Å²) in [6.07, 6.45) is 2.02. The Morgan fingerprint density at radius 2 is 2.12 bits per heavy atom. The summed E-state index contributed by atoms with van der Waals surface area (Å²) < 4.78 is 1.85. The quantitative estimate of drug-likeness (QED) is 0.837. The summed E-state index contributed by atoms with van der Waals surface area (Å²) in [4.78, 5) is 15.2. The van der Waals surface area contributed by atoms with E-state index >= 15 is 0 Å². The van der Waals surface area contributed by atoms with Crippen LogP contribution in [0.5, 0.6) is 0 Å². The molecule has 2 heterocycles. The average Bonchev–Trinajstić information content (AvgIpc) is 3.12. The van der Waals surface area contributed by atoms with Gasteiger partial charge in [-0.25, -0.2) is 0 Å². The Kier molecular flexibility index (Phi) is 4.68. The Hall–Kier alpha value is -1.81. The third kappa shape index (κ3) is 2.95. The number of carbonyl (C=O) groups excluding carboxylic acids is 1. The molecule has 0 unspecified atom stereocenters. The number of carbonyl (C=O) groups is 1. The standard InChI is InChI=1S/C19H24ClN3O/c1-12(18-13(2)21-22(4)14(18)3)19(24)23-10-6-9-17(23)15-7-5-8-16(20)11-15/h5,7-8,11-12,17H,6,9-10H2,1-4H3/t12-,17-/m0/s1. The molecular formula is C19H24ClN3O. The van der Waals surface area contributed by atoms with Crippen molar-refractivity contribution in [3.8, 4) is 0 Å². The van der Waals surface area contributed by atoms with Crippen molar-refractivity contribution in [1.29, 1.82) is 0 Å². The first-order valence-electron chi connectivity index (χ1n) is 8.46. The second kappa shape index (κ2) is 6.60. The van der Waals surface area contributed by atoms with Gasteiger partial charge >= 0.3 is 0 Å². The van der Waals surface area contributed by atoms with Gasteiger partial charge in [-0.05, 0) is 51.3 Å². The highest BCUT2D eigenvalue weighted by Crippen LogP contribution is 2.36. The lowest BCUT2D eigenvalue weighted by molar-refractivity contribution is -0.133. The van der Waals surface area contributed by atoms with E-state index in [1.807, 2.05) is 55.6 Å². The normalized spacial score (nSPS) is 18.9. The second-order valence-corrected chi connectivity index (χ2v) is 7.11. The van der Waals surface area contributed by atoms with E-state index in [-0.39, 0.29) is 17.9 Å². The third-order valence-electron chi connectivity index (χ3n) is 5.14. The van der Waals surface area contributed by atoms with Gasteiger partial charge in [0.15, 0.2) is 0 Å². The van der Waals surface area contributed by atoms with Crippen LogP contribution in [0.25, 0.3) is 0 Å². The van der Waals surface area contributed by atoms with Crippen LogP contribution in [0, 0.1) is 13.8 Å². The number of hydrogen-bond donors (Lipinski definition) is 0. The summed E-state index contributed by atoms with van der Waals surface area (Å²) >= 11 is 6.14. The maximum absolute atomic E-state index is 13.2. The predicted molar refractivity (Wildman–Crippen MR) is 96.2 cm³/mol. The molecule has 0 spiro atoms. The van der Waals surface area contributed by atoms with Crippen LogP contribution >= 0.6 is 11.6 Å². The summed E-state index contributed by atoms with van der Waals surface area (Å²) in [5.74, 6) is -0.00448. The smallest absolute Gasteiger partial charge is 0.230 e. The Bertz CT molecular complexity index is 768. The summed E-state index contributed by atoms with van der Waals surface area (Å²) in [5.41, 5.74) is 4.18. The van der Waals surface area contributed by atoms with Crippen LogP contribution in [0.3, 0.4) is 0 Å². The molecule has 1 saturated heterocycles. The van der Waals surface area contributed by atoms with Gasteiger partial charge in [-0.15, -0.1) is 0 Å². The monoisotopic (exact) mass is 345 g/mol. The van der Waals surface area contributed by atoms with Crippen molar-refractivity contribution in [2.24, 2.45) is 7.05 Å². The lowest BCUT2D eigenvalue weighted by Crippen LogP contribution is -2.34. The Morgan fingerprint density at radius 3 is 2.75 bits per heavy atom. The fourth-order valence-electron chi connectivity index (χ4n) is 3.88. The summed E-state index contributed by atoms with van der Waals surface area (Å²) in [6, 6.07) is 7.99. The Labute approximate surface area is 148 Å². The van der Waals surface area contributed by atoms with Gasteiger partial charge in [0.1, 0.15) is 0 Å². The molecule has 1 aliphatic rings. The van der Waals surface area contributed by atoms with Gasteiger partial charge in [0.25, 0.3) is 0 Å². The minimum Gasteiger partial charge on any atom is -0.335 e. The molecule has 0 aliphatic carbocycles. The van der Waals surface area contributed by atoms with E-state index in [1.54, 1.807) is 0 Å². The van der Waals surface area contributed by atoms with E-state index in [0.29, 0.717) is 0 Å².